The molecule has 1 amide bonds. The number of benzene rings is 2. The van der Waals surface area contributed by atoms with Crippen LogP contribution in [0, 0.1) is 11.6 Å². The van der Waals surface area contributed by atoms with Crippen molar-refractivity contribution in [2.75, 3.05) is 10.6 Å². The number of halogens is 5. The number of hydrogen-bond donors (Lipinski definition) is 2. The zero-order chi connectivity index (χ0) is 20.3. The molecule has 0 spiro atoms. The summed E-state index contributed by atoms with van der Waals surface area (Å²) in [6.45, 7) is 0. The van der Waals surface area contributed by atoms with Crippen LogP contribution in [0.1, 0.15) is 15.9 Å². The lowest BCUT2D eigenvalue weighted by Gasteiger charge is -2.11. The van der Waals surface area contributed by atoms with Crippen LogP contribution in [0.15, 0.2) is 60.8 Å². The molecule has 0 radical (unpaired) electrons. The zero-order valence-corrected chi connectivity index (χ0v) is 14.0. The maximum absolute atomic E-state index is 13.7. The number of pyridine rings is 1. The fourth-order valence-corrected chi connectivity index (χ4v) is 2.35. The van der Waals surface area contributed by atoms with Crippen LogP contribution < -0.4 is 10.6 Å². The monoisotopic (exact) mass is 393 g/mol. The first-order valence-corrected chi connectivity index (χ1v) is 7.89. The molecule has 1 heterocycles. The van der Waals surface area contributed by atoms with E-state index in [1.807, 2.05) is 0 Å². The summed E-state index contributed by atoms with van der Waals surface area (Å²) in [7, 11) is 0. The second kappa shape index (κ2) is 7.63. The van der Waals surface area contributed by atoms with Crippen molar-refractivity contribution >= 4 is 23.1 Å². The highest BCUT2D eigenvalue weighted by Crippen LogP contribution is 2.31. The Bertz CT molecular complexity index is 1020. The Kier molecular flexibility index (Phi) is 5.25. The Hall–Kier alpha value is -3.49. The highest BCUT2D eigenvalue weighted by atomic mass is 19.4. The molecular weight excluding hydrogens is 381 g/mol. The van der Waals surface area contributed by atoms with Gasteiger partial charge in [-0.15, -0.1) is 0 Å². The molecule has 3 aromatic rings. The van der Waals surface area contributed by atoms with Crippen molar-refractivity contribution < 1.29 is 26.7 Å². The quantitative estimate of drug-likeness (QED) is 0.586. The molecule has 144 valence electrons. The van der Waals surface area contributed by atoms with Crippen LogP contribution >= 0.6 is 0 Å². The van der Waals surface area contributed by atoms with E-state index in [9.17, 15) is 26.7 Å². The molecule has 0 aliphatic rings. The number of anilines is 3. The summed E-state index contributed by atoms with van der Waals surface area (Å²) in [5.74, 6) is -2.30. The van der Waals surface area contributed by atoms with Gasteiger partial charge in [0, 0.05) is 23.5 Å². The summed E-state index contributed by atoms with van der Waals surface area (Å²) in [5.41, 5.74) is -0.841. The normalized spacial score (nSPS) is 11.2. The van der Waals surface area contributed by atoms with Gasteiger partial charge in [0.2, 0.25) is 0 Å². The molecule has 0 saturated heterocycles. The number of carbonyl (C=O) groups excluding carboxylic acids is 1. The van der Waals surface area contributed by atoms with E-state index in [1.165, 1.54) is 30.5 Å². The second-order valence-electron chi connectivity index (χ2n) is 5.71. The topological polar surface area (TPSA) is 54.0 Å². The summed E-state index contributed by atoms with van der Waals surface area (Å²) >= 11 is 0. The molecule has 3 rings (SSSR count). The number of nitrogens with zero attached hydrogens (tertiary/aromatic N) is 1. The van der Waals surface area contributed by atoms with E-state index < -0.39 is 29.3 Å². The first-order valence-electron chi connectivity index (χ1n) is 7.89. The number of rotatable bonds is 4. The molecule has 0 atom stereocenters. The van der Waals surface area contributed by atoms with Gasteiger partial charge in [0.1, 0.15) is 17.5 Å². The number of carbonyl (C=O) groups is 1. The molecule has 28 heavy (non-hydrogen) atoms. The van der Waals surface area contributed by atoms with Gasteiger partial charge in [-0.05, 0) is 42.5 Å². The fourth-order valence-electron chi connectivity index (χ4n) is 2.35. The third kappa shape index (κ3) is 4.61. The summed E-state index contributed by atoms with van der Waals surface area (Å²) in [4.78, 5) is 16.2. The van der Waals surface area contributed by atoms with E-state index in [0.29, 0.717) is 6.07 Å². The van der Waals surface area contributed by atoms with Crippen LogP contribution in [-0.2, 0) is 6.18 Å². The SMILES string of the molecule is O=C(Nc1ccc(F)cc1F)c1ccnc(Nc2cccc(C(F)(F)F)c2)c1. The molecule has 0 unspecified atom stereocenters. The predicted octanol–water partition coefficient (Wildman–Crippen LogP) is 5.37. The van der Waals surface area contributed by atoms with Crippen LogP contribution in [0.2, 0.25) is 0 Å². The Morgan fingerprint density at radius 2 is 1.75 bits per heavy atom. The highest BCUT2D eigenvalue weighted by molar-refractivity contribution is 6.04. The van der Waals surface area contributed by atoms with E-state index in [0.717, 1.165) is 24.3 Å². The lowest BCUT2D eigenvalue weighted by atomic mass is 10.2. The summed E-state index contributed by atoms with van der Waals surface area (Å²) in [5, 5.41) is 4.97. The first kappa shape index (κ1) is 19.3. The molecule has 4 nitrogen and oxygen atoms in total. The van der Waals surface area contributed by atoms with Crippen LogP contribution in [0.5, 0.6) is 0 Å². The molecule has 0 fully saturated rings. The molecule has 0 bridgehead atoms. The van der Waals surface area contributed by atoms with Gasteiger partial charge in [0.05, 0.1) is 11.3 Å². The fraction of sp³-hybridized carbons (Fsp3) is 0.0526. The minimum Gasteiger partial charge on any atom is -0.340 e. The van der Waals surface area contributed by atoms with Gasteiger partial charge >= 0.3 is 6.18 Å². The largest absolute Gasteiger partial charge is 0.416 e. The van der Waals surface area contributed by atoms with Gasteiger partial charge in [-0.3, -0.25) is 4.79 Å². The maximum atomic E-state index is 13.7. The maximum Gasteiger partial charge on any atom is 0.416 e. The van der Waals surface area contributed by atoms with Crippen molar-refractivity contribution in [1.29, 1.82) is 0 Å². The Balaban J connectivity index is 1.78. The van der Waals surface area contributed by atoms with Gasteiger partial charge < -0.3 is 10.6 Å². The van der Waals surface area contributed by atoms with Crippen molar-refractivity contribution in [3.8, 4) is 0 Å². The summed E-state index contributed by atoms with van der Waals surface area (Å²) in [6, 6.07) is 9.81. The van der Waals surface area contributed by atoms with E-state index in [1.54, 1.807) is 0 Å². The first-order chi connectivity index (χ1) is 13.2. The number of hydrogen-bond acceptors (Lipinski definition) is 3. The van der Waals surface area contributed by atoms with Crippen molar-refractivity contribution in [2.45, 2.75) is 6.18 Å². The summed E-state index contributed by atoms with van der Waals surface area (Å²) in [6.07, 6.45) is -3.22. The average Bonchev–Trinajstić information content (AvgIpc) is 2.64. The molecule has 0 saturated carbocycles. The zero-order valence-electron chi connectivity index (χ0n) is 14.0. The molecule has 0 aliphatic heterocycles. The van der Waals surface area contributed by atoms with Crippen molar-refractivity contribution in [1.82, 2.24) is 4.98 Å². The van der Waals surface area contributed by atoms with Crippen LogP contribution in [0.3, 0.4) is 0 Å². The average molecular weight is 393 g/mol. The molecule has 1 aromatic heterocycles. The highest BCUT2D eigenvalue weighted by Gasteiger charge is 2.30. The third-order valence-corrected chi connectivity index (χ3v) is 3.66. The van der Waals surface area contributed by atoms with Gasteiger partial charge in [0.15, 0.2) is 0 Å². The molecular formula is C19H12F5N3O. The van der Waals surface area contributed by atoms with E-state index in [4.69, 9.17) is 0 Å². The lowest BCUT2D eigenvalue weighted by molar-refractivity contribution is -0.137. The minimum atomic E-state index is -4.49. The third-order valence-electron chi connectivity index (χ3n) is 3.66. The Labute approximate surface area is 156 Å². The van der Waals surface area contributed by atoms with Crippen LogP contribution in [-0.4, -0.2) is 10.9 Å². The minimum absolute atomic E-state index is 0.0770. The van der Waals surface area contributed by atoms with Crippen LogP contribution in [0.25, 0.3) is 0 Å². The number of amides is 1. The van der Waals surface area contributed by atoms with E-state index >= 15 is 0 Å². The van der Waals surface area contributed by atoms with Gasteiger partial charge in [-0.25, -0.2) is 13.8 Å². The van der Waals surface area contributed by atoms with E-state index in [2.05, 4.69) is 15.6 Å². The van der Waals surface area contributed by atoms with Crippen LogP contribution in [0.4, 0.5) is 39.1 Å². The van der Waals surface area contributed by atoms with E-state index in [-0.39, 0.29) is 22.8 Å². The number of nitrogens with one attached hydrogen (secondary N) is 2. The second-order valence-corrected chi connectivity index (χ2v) is 5.71. The molecule has 2 aromatic carbocycles. The van der Waals surface area contributed by atoms with Gasteiger partial charge in [-0.1, -0.05) is 6.07 Å². The standard InChI is InChI=1S/C19H12F5N3O/c20-13-4-5-16(15(21)10-13)27-18(28)11-6-7-25-17(8-11)26-14-3-1-2-12(9-14)19(22,23)24/h1-10H,(H,25,26)(H,27,28). The Morgan fingerprint density at radius 3 is 2.46 bits per heavy atom. The number of alkyl halides is 3. The molecule has 2 N–H and O–H groups in total. The Morgan fingerprint density at radius 1 is 0.964 bits per heavy atom. The van der Waals surface area contributed by atoms with Crippen molar-refractivity contribution in [2.24, 2.45) is 0 Å². The van der Waals surface area contributed by atoms with Gasteiger partial charge in [0.25, 0.3) is 5.91 Å². The number of aromatic nitrogens is 1. The molecule has 9 heteroatoms. The molecule has 0 aliphatic carbocycles. The van der Waals surface area contributed by atoms with Crippen molar-refractivity contribution in [3.05, 3.63) is 83.6 Å². The predicted molar refractivity (Wildman–Crippen MR) is 93.3 cm³/mol. The smallest absolute Gasteiger partial charge is 0.340 e. The lowest BCUT2D eigenvalue weighted by Crippen LogP contribution is -2.13. The van der Waals surface area contributed by atoms with Gasteiger partial charge in [-0.2, -0.15) is 13.2 Å². The summed E-state index contributed by atoms with van der Waals surface area (Å²) < 4.78 is 65.0. The van der Waals surface area contributed by atoms with Crippen molar-refractivity contribution in [3.63, 3.8) is 0 Å².